The predicted octanol–water partition coefficient (Wildman–Crippen LogP) is -0.604. The molecule has 8 nitrogen and oxygen atoms in total. The molecule has 0 aliphatic heterocycles. The summed E-state index contributed by atoms with van der Waals surface area (Å²) in [4.78, 5) is 18.5. The summed E-state index contributed by atoms with van der Waals surface area (Å²) in [7, 11) is 3.90. The molecule has 0 fully saturated rings. The van der Waals surface area contributed by atoms with Crippen molar-refractivity contribution in [2.45, 2.75) is 6.54 Å². The van der Waals surface area contributed by atoms with E-state index in [-0.39, 0.29) is 11.1 Å². The fraction of sp³-hybridized carbons (Fsp3) is 0.364. The van der Waals surface area contributed by atoms with Crippen molar-refractivity contribution < 1.29 is 0 Å². The van der Waals surface area contributed by atoms with Crippen molar-refractivity contribution in [3.8, 4) is 0 Å². The second kappa shape index (κ2) is 4.39. The summed E-state index contributed by atoms with van der Waals surface area (Å²) in [6, 6.07) is 1.71. The Balaban J connectivity index is 2.16. The summed E-state index contributed by atoms with van der Waals surface area (Å²) in [6.45, 7) is 1.32. The van der Waals surface area contributed by atoms with Crippen LogP contribution in [-0.2, 0) is 6.54 Å². The summed E-state index contributed by atoms with van der Waals surface area (Å²) in [5.74, 6) is 0. The lowest BCUT2D eigenvalue weighted by molar-refractivity contribution is 0.380. The molecule has 0 atom stereocenters. The van der Waals surface area contributed by atoms with E-state index in [1.807, 2.05) is 19.0 Å². The molecule has 0 aliphatic rings. The fourth-order valence-corrected chi connectivity index (χ4v) is 1.82. The van der Waals surface area contributed by atoms with E-state index in [9.17, 15) is 4.79 Å². The molecule has 19 heavy (non-hydrogen) atoms. The van der Waals surface area contributed by atoms with Gasteiger partial charge in [-0.2, -0.15) is 9.61 Å². The normalized spacial score (nSPS) is 11.7. The molecule has 0 spiro atoms. The molecule has 0 saturated carbocycles. The number of hydrogen-bond acceptors (Lipinski definition) is 6. The molecule has 0 aromatic carbocycles. The highest BCUT2D eigenvalue weighted by Crippen LogP contribution is 2.04. The van der Waals surface area contributed by atoms with E-state index in [0.29, 0.717) is 17.8 Å². The van der Waals surface area contributed by atoms with Gasteiger partial charge in [0, 0.05) is 19.2 Å². The van der Waals surface area contributed by atoms with E-state index in [2.05, 4.69) is 20.3 Å². The molecule has 0 amide bonds. The lowest BCUT2D eigenvalue weighted by Crippen LogP contribution is -2.28. The Labute approximate surface area is 108 Å². The molecule has 8 heteroatoms. The molecular weight excluding hydrogens is 246 g/mol. The second-order valence-corrected chi connectivity index (χ2v) is 4.52. The van der Waals surface area contributed by atoms with Crippen molar-refractivity contribution >= 4 is 16.8 Å². The van der Waals surface area contributed by atoms with Crippen LogP contribution in [0.15, 0.2) is 23.4 Å². The van der Waals surface area contributed by atoms with Crippen molar-refractivity contribution in [2.24, 2.45) is 0 Å². The highest BCUT2D eigenvalue weighted by Gasteiger charge is 2.10. The zero-order chi connectivity index (χ0) is 13.4. The average Bonchev–Trinajstić information content (AvgIpc) is 2.86. The summed E-state index contributed by atoms with van der Waals surface area (Å²) >= 11 is 0. The Morgan fingerprint density at radius 1 is 1.32 bits per heavy atom. The number of rotatable bonds is 3. The van der Waals surface area contributed by atoms with Gasteiger partial charge in [0.2, 0.25) is 0 Å². The largest absolute Gasteiger partial charge is 0.308 e. The average molecular weight is 259 g/mol. The van der Waals surface area contributed by atoms with Crippen LogP contribution in [0.25, 0.3) is 16.8 Å². The highest BCUT2D eigenvalue weighted by molar-refractivity contribution is 5.70. The Morgan fingerprint density at radius 2 is 2.16 bits per heavy atom. The third-order valence-electron chi connectivity index (χ3n) is 2.86. The lowest BCUT2D eigenvalue weighted by Gasteiger charge is -2.10. The van der Waals surface area contributed by atoms with E-state index >= 15 is 0 Å². The maximum absolute atomic E-state index is 12.3. The van der Waals surface area contributed by atoms with Gasteiger partial charge < -0.3 is 4.90 Å². The van der Waals surface area contributed by atoms with Crippen LogP contribution in [0.1, 0.15) is 0 Å². The minimum Gasteiger partial charge on any atom is -0.308 e. The molecule has 0 saturated heterocycles. The topological polar surface area (TPSA) is 81.2 Å². The summed E-state index contributed by atoms with van der Waals surface area (Å²) in [5.41, 5.74) is 1.04. The number of nitrogens with zero attached hydrogens (tertiary/aromatic N) is 7. The van der Waals surface area contributed by atoms with E-state index < -0.39 is 0 Å². The van der Waals surface area contributed by atoms with E-state index in [0.717, 1.165) is 6.54 Å². The van der Waals surface area contributed by atoms with Crippen molar-refractivity contribution in [3.05, 3.63) is 28.9 Å². The van der Waals surface area contributed by atoms with Crippen LogP contribution >= 0.6 is 0 Å². The Kier molecular flexibility index (Phi) is 2.71. The van der Waals surface area contributed by atoms with E-state index in [1.165, 1.54) is 15.4 Å². The number of aromatic nitrogens is 6. The van der Waals surface area contributed by atoms with Crippen molar-refractivity contribution in [1.29, 1.82) is 0 Å². The van der Waals surface area contributed by atoms with Crippen LogP contribution in [-0.4, -0.2) is 54.9 Å². The smallest absolute Gasteiger partial charge is 0.283 e. The van der Waals surface area contributed by atoms with Gasteiger partial charge in [-0.25, -0.2) is 4.98 Å². The zero-order valence-corrected chi connectivity index (χ0v) is 10.7. The van der Waals surface area contributed by atoms with Crippen LogP contribution in [0.2, 0.25) is 0 Å². The SMILES string of the molecule is CN(C)CCn1cnc2c(nnc3ccnn32)c1=O. The maximum Gasteiger partial charge on any atom is 0.283 e. The van der Waals surface area contributed by atoms with Crippen molar-refractivity contribution in [3.63, 3.8) is 0 Å². The first-order valence-electron chi connectivity index (χ1n) is 5.87. The van der Waals surface area contributed by atoms with Crippen molar-refractivity contribution in [1.82, 2.24) is 34.3 Å². The van der Waals surface area contributed by atoms with Crippen molar-refractivity contribution in [2.75, 3.05) is 20.6 Å². The molecule has 0 radical (unpaired) electrons. The Morgan fingerprint density at radius 3 is 2.95 bits per heavy atom. The van der Waals surface area contributed by atoms with Crippen LogP contribution in [0.3, 0.4) is 0 Å². The van der Waals surface area contributed by atoms with Crippen LogP contribution in [0, 0.1) is 0 Å². The van der Waals surface area contributed by atoms with Gasteiger partial charge in [0.25, 0.3) is 5.56 Å². The molecular formula is C11H13N7O. The quantitative estimate of drug-likeness (QED) is 0.624. The first kappa shape index (κ1) is 11.7. The molecule has 3 rings (SSSR count). The Hall–Kier alpha value is -2.35. The summed E-state index contributed by atoms with van der Waals surface area (Å²) in [5, 5.41) is 12.0. The molecule has 0 unspecified atom stereocenters. The van der Waals surface area contributed by atoms with Gasteiger partial charge in [0.1, 0.15) is 6.33 Å². The van der Waals surface area contributed by atoms with Gasteiger partial charge in [-0.05, 0) is 14.1 Å². The maximum atomic E-state index is 12.3. The number of likely N-dealkylation sites (N-methyl/N-ethyl adjacent to an activating group) is 1. The molecule has 0 aliphatic carbocycles. The third kappa shape index (κ3) is 1.95. The number of hydrogen-bond donors (Lipinski definition) is 0. The van der Waals surface area contributed by atoms with Gasteiger partial charge in [-0.3, -0.25) is 9.36 Å². The molecule has 3 aromatic heterocycles. The standard InChI is InChI=1S/C11H13N7O/c1-16(2)5-6-17-7-12-10-9(11(17)19)15-14-8-3-4-13-18(8)10/h3-4,7H,5-6H2,1-2H3. The third-order valence-corrected chi connectivity index (χ3v) is 2.86. The van der Waals surface area contributed by atoms with Gasteiger partial charge in [0.05, 0.1) is 6.20 Å². The molecule has 3 heterocycles. The summed E-state index contributed by atoms with van der Waals surface area (Å²) < 4.78 is 3.05. The second-order valence-electron chi connectivity index (χ2n) is 4.52. The summed E-state index contributed by atoms with van der Waals surface area (Å²) in [6.07, 6.45) is 3.12. The van der Waals surface area contributed by atoms with E-state index in [1.54, 1.807) is 12.3 Å². The minimum absolute atomic E-state index is 0.197. The molecule has 98 valence electrons. The minimum atomic E-state index is -0.197. The van der Waals surface area contributed by atoms with Gasteiger partial charge in [-0.15, -0.1) is 10.2 Å². The number of fused-ring (bicyclic) bond motifs is 3. The van der Waals surface area contributed by atoms with Gasteiger partial charge >= 0.3 is 0 Å². The first-order valence-corrected chi connectivity index (χ1v) is 5.87. The van der Waals surface area contributed by atoms with Gasteiger partial charge in [0.15, 0.2) is 16.8 Å². The fourth-order valence-electron chi connectivity index (χ4n) is 1.82. The van der Waals surface area contributed by atoms with Crippen LogP contribution in [0.5, 0.6) is 0 Å². The Bertz CT molecular complexity index is 788. The molecule has 0 bridgehead atoms. The first-order chi connectivity index (χ1) is 9.16. The van der Waals surface area contributed by atoms with E-state index in [4.69, 9.17) is 0 Å². The monoisotopic (exact) mass is 259 g/mol. The zero-order valence-electron chi connectivity index (χ0n) is 10.7. The van der Waals surface area contributed by atoms with Gasteiger partial charge in [-0.1, -0.05) is 0 Å². The highest BCUT2D eigenvalue weighted by atomic mass is 16.1. The van der Waals surface area contributed by atoms with Crippen LogP contribution in [0.4, 0.5) is 0 Å². The lowest BCUT2D eigenvalue weighted by atomic mass is 10.5. The predicted molar refractivity (Wildman–Crippen MR) is 68.9 cm³/mol. The molecule has 0 N–H and O–H groups in total. The van der Waals surface area contributed by atoms with Crippen LogP contribution < -0.4 is 5.56 Å². The molecule has 3 aromatic rings.